The maximum Gasteiger partial charge on any atom is 0.306 e. The fourth-order valence-corrected chi connectivity index (χ4v) is 7.27. The predicted octanol–water partition coefficient (Wildman–Crippen LogP) is 12.2. The van der Waals surface area contributed by atoms with Gasteiger partial charge in [-0.1, -0.05) is 194 Å². The Labute approximate surface area is 334 Å². The molecule has 2 atom stereocenters. The van der Waals surface area contributed by atoms with Crippen LogP contribution in [0.1, 0.15) is 219 Å². The number of quaternary nitrogens is 1. The molecule has 10 heteroatoms. The summed E-state index contributed by atoms with van der Waals surface area (Å²) in [4.78, 5) is 37.5. The van der Waals surface area contributed by atoms with Gasteiger partial charge >= 0.3 is 11.9 Å². The summed E-state index contributed by atoms with van der Waals surface area (Å²) in [6.07, 6.45) is 36.9. The second-order valence-electron chi connectivity index (χ2n) is 16.8. The van der Waals surface area contributed by atoms with Crippen LogP contribution >= 0.6 is 7.82 Å². The Hall–Kier alpha value is -0.990. The first-order chi connectivity index (χ1) is 26.0. The van der Waals surface area contributed by atoms with Gasteiger partial charge in [0.05, 0.1) is 27.7 Å². The number of carbonyl (C=O) groups excluding carboxylic acids is 2. The molecule has 0 radical (unpaired) electrons. The van der Waals surface area contributed by atoms with Crippen LogP contribution in [0.2, 0.25) is 0 Å². The highest BCUT2D eigenvalue weighted by Crippen LogP contribution is 2.38. The highest BCUT2D eigenvalue weighted by atomic mass is 31.2. The van der Waals surface area contributed by atoms with Crippen LogP contribution in [0.25, 0.3) is 0 Å². The normalized spacial score (nSPS) is 13.5. The number of ether oxygens (including phenoxy) is 2. The van der Waals surface area contributed by atoms with Gasteiger partial charge in [-0.3, -0.25) is 14.2 Å². The van der Waals surface area contributed by atoms with Crippen LogP contribution in [0, 0.1) is 0 Å². The van der Waals surface area contributed by atoms with Crippen LogP contribution in [-0.2, 0) is 32.7 Å². The van der Waals surface area contributed by atoms with Gasteiger partial charge in [0.25, 0.3) is 7.82 Å². The fraction of sp³-hybridized carbons (Fsp3) is 0.955. The van der Waals surface area contributed by atoms with Crippen LogP contribution < -0.4 is 4.89 Å². The van der Waals surface area contributed by atoms with E-state index in [1.165, 1.54) is 154 Å². The molecule has 0 saturated heterocycles. The van der Waals surface area contributed by atoms with E-state index >= 15 is 0 Å². The van der Waals surface area contributed by atoms with Crippen molar-refractivity contribution in [2.24, 2.45) is 0 Å². The van der Waals surface area contributed by atoms with Crippen molar-refractivity contribution >= 4 is 19.8 Å². The van der Waals surface area contributed by atoms with Crippen molar-refractivity contribution in [1.29, 1.82) is 0 Å². The molecule has 0 aromatic rings. The van der Waals surface area contributed by atoms with Gasteiger partial charge in [0.15, 0.2) is 6.10 Å². The maximum atomic E-state index is 12.7. The van der Waals surface area contributed by atoms with Gasteiger partial charge in [-0.25, -0.2) is 0 Å². The number of hydrogen-bond acceptors (Lipinski definition) is 8. The second kappa shape index (κ2) is 37.6. The minimum absolute atomic E-state index is 0.0257. The first-order valence-corrected chi connectivity index (χ1v) is 24.2. The predicted molar refractivity (Wildman–Crippen MR) is 222 cm³/mol. The average molecular weight is 790 g/mol. The molecule has 1 unspecified atom stereocenters. The number of esters is 2. The van der Waals surface area contributed by atoms with Crippen LogP contribution in [0.4, 0.5) is 0 Å². The third-order valence-electron chi connectivity index (χ3n) is 10.1. The zero-order valence-electron chi connectivity index (χ0n) is 36.2. The Kier molecular flexibility index (Phi) is 36.9. The highest BCUT2D eigenvalue weighted by molar-refractivity contribution is 7.45. The van der Waals surface area contributed by atoms with Crippen molar-refractivity contribution in [3.05, 3.63) is 0 Å². The lowest BCUT2D eigenvalue weighted by molar-refractivity contribution is -0.870. The average Bonchev–Trinajstić information content (AvgIpc) is 3.12. The van der Waals surface area contributed by atoms with Gasteiger partial charge in [0.2, 0.25) is 0 Å². The van der Waals surface area contributed by atoms with Crippen molar-refractivity contribution in [3.8, 4) is 0 Å². The number of phosphoric acid groups is 1. The van der Waals surface area contributed by atoms with E-state index in [1.807, 2.05) is 21.1 Å². The van der Waals surface area contributed by atoms with Crippen molar-refractivity contribution in [2.75, 3.05) is 47.5 Å². The van der Waals surface area contributed by atoms with E-state index in [4.69, 9.17) is 18.5 Å². The largest absolute Gasteiger partial charge is 0.756 e. The summed E-state index contributed by atoms with van der Waals surface area (Å²) in [5.41, 5.74) is 0. The zero-order valence-corrected chi connectivity index (χ0v) is 37.1. The molecule has 0 rings (SSSR count). The van der Waals surface area contributed by atoms with Gasteiger partial charge in [0.1, 0.15) is 19.8 Å². The summed E-state index contributed by atoms with van der Waals surface area (Å²) < 4.78 is 33.9. The lowest BCUT2D eigenvalue weighted by atomic mass is 10.0. The SMILES string of the molecule is CCCCCCCCCCCCCCCCCCCC(=O)OC[C@H](COP(=O)([O-])OCC[N+](C)(C)C)OC(=O)CCCCCCCCCCCCCCC. The molecular weight excluding hydrogens is 701 g/mol. The molecule has 0 aromatic carbocycles. The Balaban J connectivity index is 4.27. The van der Waals surface area contributed by atoms with E-state index in [-0.39, 0.29) is 32.0 Å². The number of unbranched alkanes of at least 4 members (excludes halogenated alkanes) is 28. The molecule has 54 heavy (non-hydrogen) atoms. The standard InChI is InChI=1S/C44H88NO8P/c1-6-8-10-12-14-16-18-20-21-22-23-25-26-28-30-32-34-36-43(46)50-40-42(41-52-54(48,49)51-39-38-45(3,4)5)53-44(47)37-35-33-31-29-27-24-19-17-15-13-11-9-7-2/h42H,6-41H2,1-5H3/t42-/m1/s1. The number of nitrogens with zero attached hydrogens (tertiary/aromatic N) is 1. The van der Waals surface area contributed by atoms with Crippen LogP contribution in [0.3, 0.4) is 0 Å². The Morgan fingerprint density at radius 2 is 0.833 bits per heavy atom. The molecule has 0 aliphatic heterocycles. The van der Waals surface area contributed by atoms with E-state index < -0.39 is 26.5 Å². The summed E-state index contributed by atoms with van der Waals surface area (Å²) >= 11 is 0. The minimum atomic E-state index is -4.61. The minimum Gasteiger partial charge on any atom is -0.756 e. The third kappa shape index (κ3) is 40.7. The summed E-state index contributed by atoms with van der Waals surface area (Å²) in [7, 11) is 1.18. The molecule has 322 valence electrons. The van der Waals surface area contributed by atoms with E-state index in [0.29, 0.717) is 17.4 Å². The number of carbonyl (C=O) groups is 2. The molecule has 0 saturated carbocycles. The van der Waals surface area contributed by atoms with Crippen molar-refractivity contribution < 1.29 is 42.1 Å². The molecule has 0 heterocycles. The van der Waals surface area contributed by atoms with Crippen molar-refractivity contribution in [1.82, 2.24) is 0 Å². The zero-order chi connectivity index (χ0) is 40.0. The molecule has 0 aliphatic carbocycles. The number of rotatable bonds is 42. The number of hydrogen-bond donors (Lipinski definition) is 0. The smallest absolute Gasteiger partial charge is 0.306 e. The molecule has 0 aliphatic rings. The monoisotopic (exact) mass is 790 g/mol. The molecule has 0 N–H and O–H groups in total. The quantitative estimate of drug-likeness (QED) is 0.0260. The van der Waals surface area contributed by atoms with Gasteiger partial charge < -0.3 is 27.9 Å². The number of likely N-dealkylation sites (N-methyl/N-ethyl adjacent to an activating group) is 1. The molecule has 0 fully saturated rings. The van der Waals surface area contributed by atoms with E-state index in [2.05, 4.69) is 13.8 Å². The van der Waals surface area contributed by atoms with Crippen LogP contribution in [-0.4, -0.2) is 70.0 Å². The summed E-state index contributed by atoms with van der Waals surface area (Å²) in [5.74, 6) is -0.819. The van der Waals surface area contributed by atoms with Gasteiger partial charge in [-0.05, 0) is 12.8 Å². The van der Waals surface area contributed by atoms with E-state index in [9.17, 15) is 19.0 Å². The third-order valence-corrected chi connectivity index (χ3v) is 11.1. The fourth-order valence-electron chi connectivity index (χ4n) is 6.54. The van der Waals surface area contributed by atoms with Gasteiger partial charge in [0, 0.05) is 12.8 Å². The van der Waals surface area contributed by atoms with Crippen LogP contribution in [0.5, 0.6) is 0 Å². The Morgan fingerprint density at radius 1 is 0.500 bits per heavy atom. The summed E-state index contributed by atoms with van der Waals surface area (Å²) in [5, 5.41) is 0. The lowest BCUT2D eigenvalue weighted by Gasteiger charge is -2.28. The molecule has 0 bridgehead atoms. The first kappa shape index (κ1) is 53.0. The Morgan fingerprint density at radius 3 is 1.19 bits per heavy atom. The molecule has 0 aromatic heterocycles. The molecule has 0 amide bonds. The maximum absolute atomic E-state index is 12.7. The Bertz CT molecular complexity index is 896. The second-order valence-corrected chi connectivity index (χ2v) is 18.2. The first-order valence-electron chi connectivity index (χ1n) is 22.7. The van der Waals surface area contributed by atoms with E-state index in [0.717, 1.165) is 32.1 Å². The van der Waals surface area contributed by atoms with Crippen molar-refractivity contribution in [3.63, 3.8) is 0 Å². The topological polar surface area (TPSA) is 111 Å². The summed E-state index contributed by atoms with van der Waals surface area (Å²) in [6, 6.07) is 0. The molecule has 9 nitrogen and oxygen atoms in total. The van der Waals surface area contributed by atoms with E-state index in [1.54, 1.807) is 0 Å². The highest BCUT2D eigenvalue weighted by Gasteiger charge is 2.21. The molecule has 0 spiro atoms. The van der Waals surface area contributed by atoms with Gasteiger partial charge in [-0.2, -0.15) is 0 Å². The number of phosphoric ester groups is 1. The van der Waals surface area contributed by atoms with Crippen LogP contribution in [0.15, 0.2) is 0 Å². The lowest BCUT2D eigenvalue weighted by Crippen LogP contribution is -2.37. The van der Waals surface area contributed by atoms with Crippen molar-refractivity contribution in [2.45, 2.75) is 225 Å². The summed E-state index contributed by atoms with van der Waals surface area (Å²) in [6.45, 7) is 4.26. The van der Waals surface area contributed by atoms with Gasteiger partial charge in [-0.15, -0.1) is 0 Å². The molecular formula is C44H88NO8P.